The first-order valence-corrected chi connectivity index (χ1v) is 5.48. The number of rotatable bonds is 5. The molecule has 0 radical (unpaired) electrons. The Kier molecular flexibility index (Phi) is 4.64. The Morgan fingerprint density at radius 1 is 1.38 bits per heavy atom. The fourth-order valence-electron chi connectivity index (χ4n) is 1.63. The highest BCUT2D eigenvalue weighted by Crippen LogP contribution is 2.15. The Labute approximate surface area is 95.9 Å². The van der Waals surface area contributed by atoms with Crippen LogP contribution in [0.5, 0.6) is 0 Å². The highest BCUT2D eigenvalue weighted by molar-refractivity contribution is 5.64. The molecule has 0 heterocycles. The van der Waals surface area contributed by atoms with Gasteiger partial charge in [-0.3, -0.25) is 0 Å². The Bertz CT molecular complexity index is 349. The first kappa shape index (κ1) is 12.4. The number of amides is 1. The SMILES string of the molecule is CCN(CC)c1cccc(CNC(=O)O)c1. The number of hydrogen-bond acceptors (Lipinski definition) is 2. The molecule has 0 unspecified atom stereocenters. The van der Waals surface area contributed by atoms with E-state index in [0.717, 1.165) is 24.3 Å². The average molecular weight is 222 g/mol. The molecule has 4 heteroatoms. The molecule has 0 spiro atoms. The van der Waals surface area contributed by atoms with Crippen LogP contribution in [0.25, 0.3) is 0 Å². The number of carboxylic acid groups (broad SMARTS) is 1. The second-order valence-corrected chi connectivity index (χ2v) is 3.50. The fourth-order valence-corrected chi connectivity index (χ4v) is 1.63. The Morgan fingerprint density at radius 3 is 2.62 bits per heavy atom. The van der Waals surface area contributed by atoms with Crippen LogP contribution in [0.3, 0.4) is 0 Å². The van der Waals surface area contributed by atoms with Crippen molar-refractivity contribution < 1.29 is 9.90 Å². The molecule has 1 aromatic carbocycles. The molecule has 0 bridgehead atoms. The third kappa shape index (κ3) is 3.46. The first-order valence-electron chi connectivity index (χ1n) is 5.48. The molecule has 1 rings (SSSR count). The molecular formula is C12H18N2O2. The Morgan fingerprint density at radius 2 is 2.06 bits per heavy atom. The summed E-state index contributed by atoms with van der Waals surface area (Å²) in [6.07, 6.45) is -0.992. The molecule has 4 nitrogen and oxygen atoms in total. The van der Waals surface area contributed by atoms with Crippen LogP contribution in [0.15, 0.2) is 24.3 Å². The summed E-state index contributed by atoms with van der Waals surface area (Å²) in [6.45, 7) is 6.46. The van der Waals surface area contributed by atoms with Crippen molar-refractivity contribution in [3.63, 3.8) is 0 Å². The standard InChI is InChI=1S/C12H18N2O2/c1-3-14(4-2)11-7-5-6-10(8-11)9-13-12(15)16/h5-8,13H,3-4,9H2,1-2H3,(H,15,16). The minimum atomic E-state index is -0.992. The third-order valence-corrected chi connectivity index (χ3v) is 2.48. The minimum Gasteiger partial charge on any atom is -0.465 e. The summed E-state index contributed by atoms with van der Waals surface area (Å²) in [5.74, 6) is 0. The van der Waals surface area contributed by atoms with Crippen LogP contribution in [0.2, 0.25) is 0 Å². The molecule has 88 valence electrons. The summed E-state index contributed by atoms with van der Waals surface area (Å²) in [4.78, 5) is 12.6. The topological polar surface area (TPSA) is 52.6 Å². The van der Waals surface area contributed by atoms with E-state index in [1.807, 2.05) is 24.3 Å². The van der Waals surface area contributed by atoms with Gasteiger partial charge in [0.2, 0.25) is 0 Å². The van der Waals surface area contributed by atoms with Gasteiger partial charge in [-0.2, -0.15) is 0 Å². The number of hydrogen-bond donors (Lipinski definition) is 2. The van der Waals surface area contributed by atoms with Crippen LogP contribution in [0, 0.1) is 0 Å². The Hall–Kier alpha value is -1.71. The summed E-state index contributed by atoms with van der Waals surface area (Å²) >= 11 is 0. The molecule has 0 aliphatic heterocycles. The van der Waals surface area contributed by atoms with Crippen molar-refractivity contribution in [3.8, 4) is 0 Å². The van der Waals surface area contributed by atoms with Crippen molar-refractivity contribution in [1.82, 2.24) is 5.32 Å². The second-order valence-electron chi connectivity index (χ2n) is 3.50. The van der Waals surface area contributed by atoms with Gasteiger partial charge in [0.05, 0.1) is 0 Å². The minimum absolute atomic E-state index is 0.352. The van der Waals surface area contributed by atoms with Gasteiger partial charge < -0.3 is 15.3 Å². The first-order chi connectivity index (χ1) is 7.67. The van der Waals surface area contributed by atoms with Crippen LogP contribution in [-0.2, 0) is 6.54 Å². The van der Waals surface area contributed by atoms with Crippen molar-refractivity contribution in [3.05, 3.63) is 29.8 Å². The maximum atomic E-state index is 10.4. The predicted molar refractivity (Wildman–Crippen MR) is 64.9 cm³/mol. The lowest BCUT2D eigenvalue weighted by Gasteiger charge is -2.21. The molecule has 16 heavy (non-hydrogen) atoms. The summed E-state index contributed by atoms with van der Waals surface area (Å²) in [7, 11) is 0. The van der Waals surface area contributed by atoms with E-state index in [1.165, 1.54) is 0 Å². The predicted octanol–water partition coefficient (Wildman–Crippen LogP) is 2.30. The zero-order valence-electron chi connectivity index (χ0n) is 9.73. The summed E-state index contributed by atoms with van der Waals surface area (Å²) in [5.41, 5.74) is 2.11. The van der Waals surface area contributed by atoms with E-state index in [2.05, 4.69) is 24.1 Å². The van der Waals surface area contributed by atoms with E-state index in [-0.39, 0.29) is 0 Å². The van der Waals surface area contributed by atoms with Crippen molar-refractivity contribution in [2.24, 2.45) is 0 Å². The third-order valence-electron chi connectivity index (χ3n) is 2.48. The lowest BCUT2D eigenvalue weighted by molar-refractivity contribution is 0.194. The van der Waals surface area contributed by atoms with Crippen molar-refractivity contribution >= 4 is 11.8 Å². The van der Waals surface area contributed by atoms with Gasteiger partial charge in [0.25, 0.3) is 0 Å². The monoisotopic (exact) mass is 222 g/mol. The quantitative estimate of drug-likeness (QED) is 0.803. The molecule has 0 aromatic heterocycles. The molecule has 0 saturated carbocycles. The van der Waals surface area contributed by atoms with Gasteiger partial charge in [0.1, 0.15) is 0 Å². The number of nitrogens with zero attached hydrogens (tertiary/aromatic N) is 1. The van der Waals surface area contributed by atoms with Crippen molar-refractivity contribution in [1.29, 1.82) is 0 Å². The van der Waals surface area contributed by atoms with Crippen LogP contribution in [0.1, 0.15) is 19.4 Å². The molecule has 0 aliphatic rings. The van der Waals surface area contributed by atoms with E-state index in [0.29, 0.717) is 6.54 Å². The van der Waals surface area contributed by atoms with E-state index in [1.54, 1.807) is 0 Å². The second kappa shape index (κ2) is 6.00. The largest absolute Gasteiger partial charge is 0.465 e. The van der Waals surface area contributed by atoms with Gasteiger partial charge in [0, 0.05) is 25.3 Å². The van der Waals surface area contributed by atoms with Gasteiger partial charge >= 0.3 is 6.09 Å². The van der Waals surface area contributed by atoms with Crippen molar-refractivity contribution in [2.75, 3.05) is 18.0 Å². The normalized spacial score (nSPS) is 9.88. The summed E-state index contributed by atoms with van der Waals surface area (Å²) in [6, 6.07) is 7.93. The molecule has 2 N–H and O–H groups in total. The van der Waals surface area contributed by atoms with Crippen LogP contribution in [0.4, 0.5) is 10.5 Å². The van der Waals surface area contributed by atoms with E-state index in [9.17, 15) is 4.79 Å². The van der Waals surface area contributed by atoms with Gasteiger partial charge in [-0.05, 0) is 31.5 Å². The van der Waals surface area contributed by atoms with Gasteiger partial charge in [0.15, 0.2) is 0 Å². The number of benzene rings is 1. The highest BCUT2D eigenvalue weighted by atomic mass is 16.4. The lowest BCUT2D eigenvalue weighted by Crippen LogP contribution is -2.23. The van der Waals surface area contributed by atoms with Gasteiger partial charge in [-0.15, -0.1) is 0 Å². The zero-order chi connectivity index (χ0) is 12.0. The molecule has 1 amide bonds. The van der Waals surface area contributed by atoms with Crippen LogP contribution >= 0.6 is 0 Å². The van der Waals surface area contributed by atoms with E-state index in [4.69, 9.17) is 5.11 Å². The number of anilines is 1. The fraction of sp³-hybridized carbons (Fsp3) is 0.417. The molecule has 0 atom stereocenters. The smallest absolute Gasteiger partial charge is 0.404 e. The Balaban J connectivity index is 2.73. The molecular weight excluding hydrogens is 204 g/mol. The van der Waals surface area contributed by atoms with E-state index < -0.39 is 6.09 Å². The maximum Gasteiger partial charge on any atom is 0.404 e. The molecule has 0 saturated heterocycles. The lowest BCUT2D eigenvalue weighted by atomic mass is 10.2. The number of carbonyl (C=O) groups is 1. The van der Waals surface area contributed by atoms with Crippen LogP contribution in [-0.4, -0.2) is 24.3 Å². The van der Waals surface area contributed by atoms with E-state index >= 15 is 0 Å². The van der Waals surface area contributed by atoms with Crippen LogP contribution < -0.4 is 10.2 Å². The molecule has 0 aliphatic carbocycles. The maximum absolute atomic E-state index is 10.4. The van der Waals surface area contributed by atoms with Gasteiger partial charge in [-0.25, -0.2) is 4.79 Å². The zero-order valence-corrected chi connectivity index (χ0v) is 9.73. The van der Waals surface area contributed by atoms with Crippen molar-refractivity contribution in [2.45, 2.75) is 20.4 Å². The molecule has 0 fully saturated rings. The van der Waals surface area contributed by atoms with Gasteiger partial charge in [-0.1, -0.05) is 12.1 Å². The number of nitrogens with one attached hydrogen (secondary N) is 1. The molecule has 1 aromatic rings. The highest BCUT2D eigenvalue weighted by Gasteiger charge is 2.03. The summed E-state index contributed by atoms with van der Waals surface area (Å²) in [5, 5.41) is 10.9. The summed E-state index contributed by atoms with van der Waals surface area (Å²) < 4.78 is 0. The average Bonchev–Trinajstić information content (AvgIpc) is 2.29.